The summed E-state index contributed by atoms with van der Waals surface area (Å²) >= 11 is 1.62. The molecule has 1 rings (SSSR count). The second kappa shape index (κ2) is 6.79. The van der Waals surface area contributed by atoms with Crippen molar-refractivity contribution in [1.82, 2.24) is 4.98 Å². The third-order valence-corrected chi connectivity index (χ3v) is 3.57. The molecule has 0 bridgehead atoms. The molecule has 0 saturated heterocycles. The minimum absolute atomic E-state index is 0.247. The van der Waals surface area contributed by atoms with Crippen LogP contribution in [0.1, 0.15) is 50.2 Å². The van der Waals surface area contributed by atoms with Crippen LogP contribution >= 0.6 is 11.3 Å². The van der Waals surface area contributed by atoms with Gasteiger partial charge in [-0.2, -0.15) is 0 Å². The van der Waals surface area contributed by atoms with Crippen LogP contribution in [0.4, 0.5) is 0 Å². The number of ketones is 1. The summed E-state index contributed by atoms with van der Waals surface area (Å²) in [5.74, 6) is 0.617. The van der Waals surface area contributed by atoms with Crippen molar-refractivity contribution < 1.29 is 4.79 Å². The molecule has 0 atom stereocenters. The van der Waals surface area contributed by atoms with E-state index in [9.17, 15) is 4.79 Å². The van der Waals surface area contributed by atoms with Gasteiger partial charge in [-0.3, -0.25) is 4.79 Å². The van der Waals surface area contributed by atoms with E-state index in [1.165, 1.54) is 0 Å². The van der Waals surface area contributed by atoms with Crippen LogP contribution in [0, 0.1) is 12.8 Å². The van der Waals surface area contributed by atoms with Crippen LogP contribution in [-0.2, 0) is 11.2 Å². The standard InChI is InChI=1S/C13H21NOS/c1-4-6-11(7-5-2)13(15)8-12-9-16-10(3)14-12/h9,11H,4-8H2,1-3H3. The van der Waals surface area contributed by atoms with E-state index in [-0.39, 0.29) is 5.92 Å². The molecule has 0 unspecified atom stereocenters. The Labute approximate surface area is 102 Å². The van der Waals surface area contributed by atoms with E-state index in [1.807, 2.05) is 12.3 Å². The van der Waals surface area contributed by atoms with Gasteiger partial charge in [0.2, 0.25) is 0 Å². The highest BCUT2D eigenvalue weighted by atomic mass is 32.1. The molecule has 1 aromatic heterocycles. The number of carbonyl (C=O) groups is 1. The molecular weight excluding hydrogens is 218 g/mol. The Morgan fingerprint density at radius 2 is 2.00 bits per heavy atom. The zero-order valence-corrected chi connectivity index (χ0v) is 11.3. The zero-order valence-electron chi connectivity index (χ0n) is 10.5. The number of aryl methyl sites for hydroxylation is 1. The number of carbonyl (C=O) groups excluding carboxylic acids is 1. The Hall–Kier alpha value is -0.700. The summed E-state index contributed by atoms with van der Waals surface area (Å²) in [6.07, 6.45) is 4.75. The first kappa shape index (κ1) is 13.4. The third-order valence-electron chi connectivity index (χ3n) is 2.75. The van der Waals surface area contributed by atoms with Crippen LogP contribution < -0.4 is 0 Å². The first-order valence-electron chi connectivity index (χ1n) is 6.11. The number of hydrogen-bond donors (Lipinski definition) is 0. The Bertz CT molecular complexity index is 326. The molecule has 0 fully saturated rings. The van der Waals surface area contributed by atoms with E-state index in [4.69, 9.17) is 0 Å². The van der Waals surface area contributed by atoms with Gasteiger partial charge in [0.25, 0.3) is 0 Å². The fraction of sp³-hybridized carbons (Fsp3) is 0.692. The summed E-state index contributed by atoms with van der Waals surface area (Å²) in [5.41, 5.74) is 0.949. The Kier molecular flexibility index (Phi) is 5.67. The molecule has 0 aromatic carbocycles. The molecule has 1 heterocycles. The quantitative estimate of drug-likeness (QED) is 0.725. The highest BCUT2D eigenvalue weighted by molar-refractivity contribution is 7.09. The average Bonchev–Trinajstić information content (AvgIpc) is 2.63. The highest BCUT2D eigenvalue weighted by Gasteiger charge is 2.17. The average molecular weight is 239 g/mol. The van der Waals surface area contributed by atoms with Gasteiger partial charge in [0, 0.05) is 17.7 Å². The molecule has 16 heavy (non-hydrogen) atoms. The molecule has 90 valence electrons. The summed E-state index contributed by atoms with van der Waals surface area (Å²) in [6.45, 7) is 6.26. The number of thiazole rings is 1. The molecule has 0 saturated carbocycles. The summed E-state index contributed by atoms with van der Waals surface area (Å²) in [4.78, 5) is 16.4. The van der Waals surface area contributed by atoms with Crippen LogP contribution in [-0.4, -0.2) is 10.8 Å². The van der Waals surface area contributed by atoms with Gasteiger partial charge in [-0.15, -0.1) is 11.3 Å². The third kappa shape index (κ3) is 4.05. The Morgan fingerprint density at radius 3 is 2.44 bits per heavy atom. The minimum Gasteiger partial charge on any atom is -0.299 e. The predicted octanol–water partition coefficient (Wildman–Crippen LogP) is 3.78. The predicted molar refractivity (Wildman–Crippen MR) is 68.9 cm³/mol. The Balaban J connectivity index is 2.54. The van der Waals surface area contributed by atoms with E-state index in [0.29, 0.717) is 12.2 Å². The molecule has 0 aliphatic carbocycles. The van der Waals surface area contributed by atoms with Gasteiger partial charge in [-0.05, 0) is 19.8 Å². The van der Waals surface area contributed by atoms with Crippen molar-refractivity contribution in [3.8, 4) is 0 Å². The van der Waals surface area contributed by atoms with E-state index >= 15 is 0 Å². The fourth-order valence-electron chi connectivity index (χ4n) is 1.98. The first-order chi connectivity index (χ1) is 7.67. The van der Waals surface area contributed by atoms with Crippen molar-refractivity contribution in [1.29, 1.82) is 0 Å². The van der Waals surface area contributed by atoms with Gasteiger partial charge in [0.15, 0.2) is 0 Å². The molecule has 2 nitrogen and oxygen atoms in total. The summed E-state index contributed by atoms with van der Waals surface area (Å²) in [6, 6.07) is 0. The maximum Gasteiger partial charge on any atom is 0.141 e. The maximum atomic E-state index is 12.1. The van der Waals surface area contributed by atoms with Crippen LogP contribution in [0.5, 0.6) is 0 Å². The van der Waals surface area contributed by atoms with Gasteiger partial charge in [-0.1, -0.05) is 26.7 Å². The van der Waals surface area contributed by atoms with Crippen molar-refractivity contribution in [3.05, 3.63) is 16.1 Å². The lowest BCUT2D eigenvalue weighted by molar-refractivity contribution is -0.122. The first-order valence-corrected chi connectivity index (χ1v) is 6.99. The lowest BCUT2D eigenvalue weighted by Gasteiger charge is -2.12. The lowest BCUT2D eigenvalue weighted by Crippen LogP contribution is -2.16. The molecule has 3 heteroatoms. The number of aromatic nitrogens is 1. The Morgan fingerprint density at radius 1 is 1.38 bits per heavy atom. The van der Waals surface area contributed by atoms with Crippen LogP contribution in [0.25, 0.3) is 0 Å². The smallest absolute Gasteiger partial charge is 0.141 e. The van der Waals surface area contributed by atoms with E-state index in [2.05, 4.69) is 18.8 Å². The van der Waals surface area contributed by atoms with Crippen molar-refractivity contribution in [2.75, 3.05) is 0 Å². The van der Waals surface area contributed by atoms with Crippen LogP contribution in [0.15, 0.2) is 5.38 Å². The normalized spacial score (nSPS) is 11.0. The van der Waals surface area contributed by atoms with E-state index in [0.717, 1.165) is 36.4 Å². The topological polar surface area (TPSA) is 30.0 Å². The number of hydrogen-bond acceptors (Lipinski definition) is 3. The summed E-state index contributed by atoms with van der Waals surface area (Å²) < 4.78 is 0. The van der Waals surface area contributed by atoms with Gasteiger partial charge in [0.1, 0.15) is 5.78 Å². The van der Waals surface area contributed by atoms with Gasteiger partial charge < -0.3 is 0 Å². The monoisotopic (exact) mass is 239 g/mol. The minimum atomic E-state index is 0.247. The molecule has 0 N–H and O–H groups in total. The van der Waals surface area contributed by atoms with E-state index < -0.39 is 0 Å². The summed E-state index contributed by atoms with van der Waals surface area (Å²) in [5, 5.41) is 3.05. The molecule has 0 aliphatic heterocycles. The van der Waals surface area contributed by atoms with Crippen LogP contribution in [0.3, 0.4) is 0 Å². The molecule has 0 spiro atoms. The fourth-order valence-corrected chi connectivity index (χ4v) is 2.59. The van der Waals surface area contributed by atoms with Gasteiger partial charge in [-0.25, -0.2) is 4.98 Å². The van der Waals surface area contributed by atoms with Gasteiger partial charge >= 0.3 is 0 Å². The molecule has 0 amide bonds. The highest BCUT2D eigenvalue weighted by Crippen LogP contribution is 2.18. The second-order valence-corrected chi connectivity index (χ2v) is 5.34. The second-order valence-electron chi connectivity index (χ2n) is 4.28. The van der Waals surface area contributed by atoms with Crippen LogP contribution in [0.2, 0.25) is 0 Å². The van der Waals surface area contributed by atoms with Gasteiger partial charge in [0.05, 0.1) is 10.7 Å². The van der Waals surface area contributed by atoms with Crippen molar-refractivity contribution in [2.24, 2.45) is 5.92 Å². The lowest BCUT2D eigenvalue weighted by atomic mass is 9.91. The van der Waals surface area contributed by atoms with Crippen molar-refractivity contribution in [2.45, 2.75) is 52.9 Å². The van der Waals surface area contributed by atoms with E-state index in [1.54, 1.807) is 11.3 Å². The maximum absolute atomic E-state index is 12.1. The number of Topliss-reactive ketones (excluding diaryl/α,β-unsaturated/α-hetero) is 1. The molecule has 0 radical (unpaired) electrons. The van der Waals surface area contributed by atoms with Crippen molar-refractivity contribution >= 4 is 17.1 Å². The molecule has 0 aliphatic rings. The summed E-state index contributed by atoms with van der Waals surface area (Å²) in [7, 11) is 0. The molecule has 1 aromatic rings. The largest absolute Gasteiger partial charge is 0.299 e. The number of rotatable bonds is 7. The molecular formula is C13H21NOS. The SMILES string of the molecule is CCCC(CCC)C(=O)Cc1csc(C)n1. The van der Waals surface area contributed by atoms with Crippen molar-refractivity contribution in [3.63, 3.8) is 0 Å². The zero-order chi connectivity index (χ0) is 12.0. The number of nitrogens with zero attached hydrogens (tertiary/aromatic N) is 1.